The number of hydrogen-bond donors (Lipinski definition) is 1. The zero-order chi connectivity index (χ0) is 9.26. The zero-order valence-corrected chi connectivity index (χ0v) is 9.47. The Balaban J connectivity index is 2.20. The third-order valence-electron chi connectivity index (χ3n) is 2.19. The predicted molar refractivity (Wildman–Crippen MR) is 61.9 cm³/mol. The lowest BCUT2D eigenvalue weighted by Gasteiger charge is -2.06. The van der Waals surface area contributed by atoms with Gasteiger partial charge < -0.3 is 5.32 Å². The van der Waals surface area contributed by atoms with Gasteiger partial charge in [0.05, 0.1) is 0 Å². The van der Waals surface area contributed by atoms with Crippen LogP contribution in [0.15, 0.2) is 17.5 Å². The van der Waals surface area contributed by atoms with Crippen LogP contribution in [0.1, 0.15) is 11.8 Å². The molecule has 0 amide bonds. The lowest BCUT2D eigenvalue weighted by molar-refractivity contribution is 0.613. The molecule has 1 nitrogen and oxygen atoms in total. The Labute approximate surface area is 86.4 Å². The summed E-state index contributed by atoms with van der Waals surface area (Å²) >= 11 is 3.75. The van der Waals surface area contributed by atoms with Gasteiger partial charge in [-0.3, -0.25) is 0 Å². The highest BCUT2D eigenvalue weighted by atomic mass is 32.1. The minimum atomic E-state index is 0.577. The van der Waals surface area contributed by atoms with Crippen molar-refractivity contribution in [2.45, 2.75) is 19.4 Å². The molecule has 1 N–H and O–H groups in total. The van der Waals surface area contributed by atoms with Crippen molar-refractivity contribution in [2.24, 2.45) is 0 Å². The number of likely N-dealkylation sites (N-methyl/N-ethyl adjacent to an activating group) is 1. The molecule has 0 fully saturated rings. The van der Waals surface area contributed by atoms with Gasteiger partial charge in [0.2, 0.25) is 0 Å². The molecule has 0 bridgehead atoms. The van der Waals surface area contributed by atoms with Crippen LogP contribution in [0, 0.1) is 0 Å². The van der Waals surface area contributed by atoms with Crippen LogP contribution in [0.25, 0.3) is 9.40 Å². The summed E-state index contributed by atoms with van der Waals surface area (Å²) in [6.45, 7) is 2.22. The van der Waals surface area contributed by atoms with Crippen LogP contribution < -0.4 is 5.32 Å². The summed E-state index contributed by atoms with van der Waals surface area (Å²) in [5.41, 5.74) is 0. The Morgan fingerprint density at radius 2 is 2.31 bits per heavy atom. The molecule has 0 saturated heterocycles. The van der Waals surface area contributed by atoms with Crippen LogP contribution in [0.3, 0.4) is 0 Å². The van der Waals surface area contributed by atoms with Crippen LogP contribution in [-0.4, -0.2) is 13.1 Å². The van der Waals surface area contributed by atoms with Gasteiger partial charge in [-0.15, -0.1) is 22.7 Å². The molecule has 1 atom stereocenters. The van der Waals surface area contributed by atoms with Crippen LogP contribution in [0.5, 0.6) is 0 Å². The fourth-order valence-corrected chi connectivity index (χ4v) is 3.58. The fraction of sp³-hybridized carbons (Fsp3) is 0.400. The van der Waals surface area contributed by atoms with Gasteiger partial charge in [-0.05, 0) is 37.9 Å². The topological polar surface area (TPSA) is 12.0 Å². The average Bonchev–Trinajstić information content (AvgIpc) is 2.63. The Bertz CT molecular complexity index is 360. The zero-order valence-electron chi connectivity index (χ0n) is 7.83. The molecule has 2 rings (SSSR count). The molecule has 2 heterocycles. The molecule has 0 aliphatic carbocycles. The molecular weight excluding hydrogens is 198 g/mol. The van der Waals surface area contributed by atoms with Gasteiger partial charge in [0.15, 0.2) is 0 Å². The van der Waals surface area contributed by atoms with E-state index in [1.54, 1.807) is 0 Å². The molecule has 2 aromatic heterocycles. The van der Waals surface area contributed by atoms with Gasteiger partial charge in [-0.1, -0.05) is 0 Å². The molecule has 0 aromatic carbocycles. The number of thiophene rings is 2. The summed E-state index contributed by atoms with van der Waals surface area (Å²) in [6.07, 6.45) is 1.14. The average molecular weight is 211 g/mol. The Morgan fingerprint density at radius 1 is 1.46 bits per heavy atom. The van der Waals surface area contributed by atoms with Crippen LogP contribution in [-0.2, 0) is 6.42 Å². The third-order valence-corrected chi connectivity index (χ3v) is 4.31. The van der Waals surface area contributed by atoms with E-state index in [1.165, 1.54) is 14.3 Å². The van der Waals surface area contributed by atoms with Gasteiger partial charge in [-0.25, -0.2) is 0 Å². The largest absolute Gasteiger partial charge is 0.317 e. The second-order valence-electron chi connectivity index (χ2n) is 3.26. The molecule has 2 aromatic rings. The quantitative estimate of drug-likeness (QED) is 0.822. The van der Waals surface area contributed by atoms with Gasteiger partial charge in [0.1, 0.15) is 0 Å². The summed E-state index contributed by atoms with van der Waals surface area (Å²) < 4.78 is 2.87. The molecule has 0 radical (unpaired) electrons. The summed E-state index contributed by atoms with van der Waals surface area (Å²) in [4.78, 5) is 1.49. The van der Waals surface area contributed by atoms with Crippen molar-refractivity contribution in [3.63, 3.8) is 0 Å². The second kappa shape index (κ2) is 3.78. The van der Waals surface area contributed by atoms with Crippen LogP contribution in [0.2, 0.25) is 0 Å². The Kier molecular flexibility index (Phi) is 2.67. The fourth-order valence-electron chi connectivity index (χ4n) is 1.32. The smallest absolute Gasteiger partial charge is 0.0453 e. The van der Waals surface area contributed by atoms with Crippen LogP contribution in [0.4, 0.5) is 0 Å². The second-order valence-corrected chi connectivity index (χ2v) is 5.37. The van der Waals surface area contributed by atoms with E-state index >= 15 is 0 Å². The van der Waals surface area contributed by atoms with E-state index in [9.17, 15) is 0 Å². The van der Waals surface area contributed by atoms with Crippen molar-refractivity contribution in [3.8, 4) is 0 Å². The van der Waals surface area contributed by atoms with Crippen molar-refractivity contribution in [3.05, 3.63) is 22.4 Å². The highest BCUT2D eigenvalue weighted by Gasteiger charge is 2.05. The Hall–Kier alpha value is -0.380. The van der Waals surface area contributed by atoms with E-state index in [2.05, 4.69) is 29.8 Å². The molecule has 0 spiro atoms. The summed E-state index contributed by atoms with van der Waals surface area (Å²) in [5.74, 6) is 0. The lowest BCUT2D eigenvalue weighted by atomic mass is 10.2. The summed E-state index contributed by atoms with van der Waals surface area (Å²) in [6, 6.07) is 5.10. The molecule has 3 heteroatoms. The van der Waals surface area contributed by atoms with E-state index in [4.69, 9.17) is 0 Å². The first kappa shape index (κ1) is 9.19. The third kappa shape index (κ3) is 1.93. The van der Waals surface area contributed by atoms with Gasteiger partial charge in [0, 0.05) is 20.3 Å². The molecule has 1 unspecified atom stereocenters. The molecular formula is C10H13NS2. The van der Waals surface area contributed by atoms with Crippen LogP contribution >= 0.6 is 22.7 Å². The number of nitrogens with one attached hydrogen (secondary N) is 1. The van der Waals surface area contributed by atoms with E-state index in [-0.39, 0.29) is 0 Å². The van der Waals surface area contributed by atoms with Gasteiger partial charge in [0.25, 0.3) is 0 Å². The molecule has 0 aliphatic heterocycles. The monoisotopic (exact) mass is 211 g/mol. The van der Waals surface area contributed by atoms with Gasteiger partial charge >= 0.3 is 0 Å². The van der Waals surface area contributed by atoms with E-state index in [1.807, 2.05) is 29.7 Å². The van der Waals surface area contributed by atoms with Crippen molar-refractivity contribution >= 4 is 32.1 Å². The van der Waals surface area contributed by atoms with Crippen molar-refractivity contribution < 1.29 is 0 Å². The number of hydrogen-bond acceptors (Lipinski definition) is 3. The summed E-state index contributed by atoms with van der Waals surface area (Å²) in [5, 5.41) is 5.42. The number of rotatable bonds is 3. The van der Waals surface area contributed by atoms with Crippen molar-refractivity contribution in [1.29, 1.82) is 0 Å². The first-order valence-corrected chi connectivity index (χ1v) is 6.12. The highest BCUT2D eigenvalue weighted by molar-refractivity contribution is 7.26. The summed E-state index contributed by atoms with van der Waals surface area (Å²) in [7, 11) is 2.01. The lowest BCUT2D eigenvalue weighted by Crippen LogP contribution is -2.22. The standard InChI is InChI=1S/C10H13NS2/c1-7(11-2)5-8-6-10-9(13-8)3-4-12-10/h3-4,6-7,11H,5H2,1-2H3. The molecule has 0 aliphatic rings. The van der Waals surface area contributed by atoms with Gasteiger partial charge in [-0.2, -0.15) is 0 Å². The highest BCUT2D eigenvalue weighted by Crippen LogP contribution is 2.30. The minimum absolute atomic E-state index is 0.577. The molecule has 13 heavy (non-hydrogen) atoms. The first-order chi connectivity index (χ1) is 6.29. The first-order valence-electron chi connectivity index (χ1n) is 4.43. The minimum Gasteiger partial charge on any atom is -0.317 e. The van der Waals surface area contributed by atoms with E-state index in [0.29, 0.717) is 6.04 Å². The molecule has 70 valence electrons. The van der Waals surface area contributed by atoms with Crippen molar-refractivity contribution in [1.82, 2.24) is 5.32 Å². The van der Waals surface area contributed by atoms with E-state index in [0.717, 1.165) is 6.42 Å². The molecule has 0 saturated carbocycles. The number of fused-ring (bicyclic) bond motifs is 1. The maximum Gasteiger partial charge on any atom is 0.0453 e. The normalized spacial score (nSPS) is 13.7. The Morgan fingerprint density at radius 3 is 3.00 bits per heavy atom. The maximum atomic E-state index is 3.26. The van der Waals surface area contributed by atoms with Crippen molar-refractivity contribution in [2.75, 3.05) is 7.05 Å². The van der Waals surface area contributed by atoms with E-state index < -0.39 is 0 Å². The SMILES string of the molecule is CNC(C)Cc1cc2sccc2s1. The predicted octanol–water partition coefficient (Wildman–Crippen LogP) is 3.11. The maximum absolute atomic E-state index is 3.26.